The van der Waals surface area contributed by atoms with Gasteiger partial charge in [0, 0.05) is 4.92 Å². The number of rotatable bonds is 6. The first kappa shape index (κ1) is 24.2. The lowest BCUT2D eigenvalue weighted by atomic mass is 9.94. The molecule has 13 heteroatoms. The van der Waals surface area contributed by atoms with Gasteiger partial charge in [-0.05, 0) is 35.6 Å². The van der Waals surface area contributed by atoms with Crippen molar-refractivity contribution in [3.05, 3.63) is 45.5 Å². The number of benzene rings is 1. The van der Waals surface area contributed by atoms with Crippen molar-refractivity contribution in [1.29, 1.82) is 0 Å². The number of hydrogen-bond donors (Lipinski definition) is 0. The van der Waals surface area contributed by atoms with Crippen molar-refractivity contribution >= 4 is 40.4 Å². The van der Waals surface area contributed by atoms with Crippen LogP contribution in [0.15, 0.2) is 24.3 Å². The third-order valence-electron chi connectivity index (χ3n) is 4.00. The number of nitro groups is 1. The van der Waals surface area contributed by atoms with Crippen molar-refractivity contribution in [3.8, 4) is 0 Å². The molecule has 4 nitrogen and oxygen atoms in total. The highest BCUT2D eigenvalue weighted by atomic mass is 32.2. The van der Waals surface area contributed by atoms with Crippen LogP contribution in [-0.4, -0.2) is 44.1 Å². The van der Waals surface area contributed by atoms with E-state index in [1.165, 1.54) is 0 Å². The van der Waals surface area contributed by atoms with Crippen molar-refractivity contribution in [1.82, 2.24) is 0 Å². The van der Waals surface area contributed by atoms with Crippen molar-refractivity contribution < 1.29 is 36.1 Å². The maximum absolute atomic E-state index is 12.8. The van der Waals surface area contributed by atoms with Crippen molar-refractivity contribution in [2.45, 2.75) is 28.8 Å². The maximum Gasteiger partial charge on any atom is 0.416 e. The lowest BCUT2D eigenvalue weighted by molar-refractivity contribution is -0.483. The Labute approximate surface area is 174 Å². The van der Waals surface area contributed by atoms with Crippen LogP contribution in [0, 0.1) is 10.1 Å². The SMILES string of the molecule is O=C(SCC(F)(F)F)C1([C@H](C[N+](=O)[O-])c2ccc(C(F)(F)F)cc2)SCCCS1. The van der Waals surface area contributed by atoms with Gasteiger partial charge in [-0.15, -0.1) is 23.5 Å². The second-order valence-electron chi connectivity index (χ2n) is 6.10. The minimum atomic E-state index is -4.61. The number of alkyl halides is 6. The Kier molecular flexibility index (Phi) is 7.82. The molecule has 1 aliphatic heterocycles. The summed E-state index contributed by atoms with van der Waals surface area (Å²) in [5, 5.41) is 10.4. The molecule has 0 radical (unpaired) electrons. The zero-order valence-corrected chi connectivity index (χ0v) is 17.0. The first-order valence-electron chi connectivity index (χ1n) is 8.16. The highest BCUT2D eigenvalue weighted by Crippen LogP contribution is 2.54. The molecule has 0 bridgehead atoms. The van der Waals surface area contributed by atoms with Gasteiger partial charge in [0.15, 0.2) is 0 Å². The van der Waals surface area contributed by atoms with Crippen LogP contribution in [0.2, 0.25) is 0 Å². The summed E-state index contributed by atoms with van der Waals surface area (Å²) in [5.41, 5.74) is -0.852. The number of halogens is 6. The minimum Gasteiger partial charge on any atom is -0.285 e. The van der Waals surface area contributed by atoms with E-state index in [9.17, 15) is 41.3 Å². The second-order valence-corrected chi connectivity index (χ2v) is 9.99. The van der Waals surface area contributed by atoms with E-state index in [1.807, 2.05) is 0 Å². The van der Waals surface area contributed by atoms with Crippen molar-refractivity contribution in [2.24, 2.45) is 0 Å². The van der Waals surface area contributed by atoms with Crippen LogP contribution in [0.5, 0.6) is 0 Å². The van der Waals surface area contributed by atoms with Gasteiger partial charge in [0.25, 0.3) is 0 Å². The van der Waals surface area contributed by atoms with E-state index in [0.29, 0.717) is 17.9 Å². The van der Waals surface area contributed by atoms with Crippen LogP contribution in [-0.2, 0) is 11.0 Å². The number of thioether (sulfide) groups is 3. The van der Waals surface area contributed by atoms with Crippen LogP contribution >= 0.6 is 35.3 Å². The third kappa shape index (κ3) is 6.45. The Hall–Kier alpha value is -1.08. The number of carbonyl (C=O) groups is 1. The molecular formula is C16H15F6NO3S3. The van der Waals surface area contributed by atoms with E-state index in [2.05, 4.69) is 0 Å². The van der Waals surface area contributed by atoms with Crippen LogP contribution in [0.1, 0.15) is 23.5 Å². The molecule has 162 valence electrons. The molecular weight excluding hydrogens is 464 g/mol. The number of nitrogens with zero attached hydrogens (tertiary/aromatic N) is 1. The molecule has 1 heterocycles. The highest BCUT2D eigenvalue weighted by molar-refractivity contribution is 8.25. The quantitative estimate of drug-likeness (QED) is 0.307. The zero-order valence-electron chi connectivity index (χ0n) is 14.6. The lowest BCUT2D eigenvalue weighted by Gasteiger charge is -2.39. The molecule has 1 aliphatic rings. The third-order valence-corrected chi connectivity index (χ3v) is 8.81. The van der Waals surface area contributed by atoms with Gasteiger partial charge in [-0.25, -0.2) is 0 Å². The Morgan fingerprint density at radius 2 is 1.69 bits per heavy atom. The standard InChI is InChI=1S/C16H15F6NO3S3/c17-14(18,19)9-27-13(24)15(28-6-1-7-29-15)12(8-23(25)26)10-2-4-11(5-3-10)16(20,21)22/h2-5,12H,1,6-9H2/t12-/m1/s1. The van der Waals surface area contributed by atoms with Gasteiger partial charge in [-0.1, -0.05) is 23.9 Å². The lowest BCUT2D eigenvalue weighted by Crippen LogP contribution is -2.43. The van der Waals surface area contributed by atoms with Gasteiger partial charge < -0.3 is 0 Å². The molecule has 0 saturated carbocycles. The normalized spacial score (nSPS) is 18.3. The Bertz CT molecular complexity index is 733. The first-order chi connectivity index (χ1) is 13.3. The predicted octanol–water partition coefficient (Wildman–Crippen LogP) is 5.45. The molecule has 1 fully saturated rings. The van der Waals surface area contributed by atoms with Crippen LogP contribution in [0.4, 0.5) is 26.3 Å². The smallest absolute Gasteiger partial charge is 0.285 e. The Balaban J connectivity index is 2.43. The number of carbonyl (C=O) groups excluding carboxylic acids is 1. The fourth-order valence-electron chi connectivity index (χ4n) is 2.76. The Morgan fingerprint density at radius 1 is 1.14 bits per heavy atom. The van der Waals surface area contributed by atoms with Gasteiger partial charge in [0.1, 0.15) is 4.08 Å². The topological polar surface area (TPSA) is 60.2 Å². The largest absolute Gasteiger partial charge is 0.416 e. The first-order valence-corrected chi connectivity index (χ1v) is 11.1. The molecule has 0 aliphatic carbocycles. The van der Waals surface area contributed by atoms with Gasteiger partial charge in [0.2, 0.25) is 11.7 Å². The summed E-state index contributed by atoms with van der Waals surface area (Å²) in [6.45, 7) is -0.788. The average Bonchev–Trinajstić information content (AvgIpc) is 2.63. The molecule has 1 atom stereocenters. The van der Waals surface area contributed by atoms with Gasteiger partial charge in [-0.3, -0.25) is 14.9 Å². The predicted molar refractivity (Wildman–Crippen MR) is 102 cm³/mol. The highest BCUT2D eigenvalue weighted by Gasteiger charge is 2.52. The van der Waals surface area contributed by atoms with E-state index in [-0.39, 0.29) is 17.3 Å². The van der Waals surface area contributed by atoms with Crippen molar-refractivity contribution in [2.75, 3.05) is 23.8 Å². The monoisotopic (exact) mass is 479 g/mol. The fourth-order valence-corrected chi connectivity index (χ4v) is 7.36. The minimum absolute atomic E-state index is 0.0380. The molecule has 0 amide bonds. The second kappa shape index (κ2) is 9.38. The summed E-state index contributed by atoms with van der Waals surface area (Å²) < 4.78 is 74.7. The average molecular weight is 479 g/mol. The molecule has 1 aromatic rings. The Morgan fingerprint density at radius 3 is 2.14 bits per heavy atom. The van der Waals surface area contributed by atoms with Crippen LogP contribution < -0.4 is 0 Å². The van der Waals surface area contributed by atoms with Gasteiger partial charge in [0.05, 0.1) is 17.2 Å². The molecule has 1 saturated heterocycles. The number of hydrogen-bond acceptors (Lipinski definition) is 6. The van der Waals surface area contributed by atoms with E-state index < -0.39 is 50.2 Å². The van der Waals surface area contributed by atoms with E-state index >= 15 is 0 Å². The fraction of sp³-hybridized carbons (Fsp3) is 0.562. The van der Waals surface area contributed by atoms with E-state index in [0.717, 1.165) is 47.8 Å². The van der Waals surface area contributed by atoms with Gasteiger partial charge in [-0.2, -0.15) is 26.3 Å². The van der Waals surface area contributed by atoms with Gasteiger partial charge >= 0.3 is 12.4 Å². The molecule has 0 N–H and O–H groups in total. The summed E-state index contributed by atoms with van der Waals surface area (Å²) in [7, 11) is 0. The molecule has 1 aromatic carbocycles. The van der Waals surface area contributed by atoms with Crippen molar-refractivity contribution in [3.63, 3.8) is 0 Å². The summed E-state index contributed by atoms with van der Waals surface area (Å²) in [4.78, 5) is 23.3. The molecule has 29 heavy (non-hydrogen) atoms. The molecule has 0 unspecified atom stereocenters. The summed E-state index contributed by atoms with van der Waals surface area (Å²) in [6.07, 6.45) is -8.55. The van der Waals surface area contributed by atoms with E-state index in [4.69, 9.17) is 0 Å². The summed E-state index contributed by atoms with van der Waals surface area (Å²) >= 11 is 2.08. The molecule has 2 rings (SSSR count). The van der Waals surface area contributed by atoms with Crippen LogP contribution in [0.3, 0.4) is 0 Å². The summed E-state index contributed by atoms with van der Waals surface area (Å²) in [6, 6.07) is 3.61. The van der Waals surface area contributed by atoms with E-state index in [1.54, 1.807) is 0 Å². The summed E-state index contributed by atoms with van der Waals surface area (Å²) in [5.74, 6) is -1.81. The van der Waals surface area contributed by atoms with Crippen LogP contribution in [0.25, 0.3) is 0 Å². The zero-order chi connectivity index (χ0) is 21.9. The maximum atomic E-state index is 12.8. The molecule has 0 aromatic heterocycles. The molecule has 0 spiro atoms.